The van der Waals surface area contributed by atoms with Crippen LogP contribution in [-0.4, -0.2) is 55.0 Å². The van der Waals surface area contributed by atoms with Crippen molar-refractivity contribution in [1.29, 1.82) is 0 Å². The molecule has 0 unspecified atom stereocenters. The molecule has 0 aliphatic carbocycles. The van der Waals surface area contributed by atoms with Crippen LogP contribution in [0.3, 0.4) is 0 Å². The lowest BCUT2D eigenvalue weighted by Crippen LogP contribution is -2.40. The standard InChI is InChI=1S/C17H21N3O4S/c1-13-10-15(12-18-21)14(2)20(13)16-4-3-5-17(11-16)25(22,23)19-6-8-24-9-7-19/h3-5,10-12,21H,6-9H2,1-2H3. The summed E-state index contributed by atoms with van der Waals surface area (Å²) in [5.74, 6) is 0. The normalized spacial score (nSPS) is 16.6. The molecule has 3 rings (SSSR count). The Morgan fingerprint density at radius 1 is 1.20 bits per heavy atom. The molecule has 1 saturated heterocycles. The minimum absolute atomic E-state index is 0.261. The Bertz CT molecular complexity index is 897. The first-order valence-electron chi connectivity index (χ1n) is 8.00. The maximum atomic E-state index is 12.9. The van der Waals surface area contributed by atoms with Crippen LogP contribution in [0, 0.1) is 13.8 Å². The number of aromatic nitrogens is 1. The van der Waals surface area contributed by atoms with Crippen LogP contribution in [0.1, 0.15) is 17.0 Å². The predicted octanol–water partition coefficient (Wildman–Crippen LogP) is 1.92. The van der Waals surface area contributed by atoms with Gasteiger partial charge in [-0.25, -0.2) is 8.42 Å². The summed E-state index contributed by atoms with van der Waals surface area (Å²) in [7, 11) is -3.55. The number of benzene rings is 1. The van der Waals surface area contributed by atoms with Crippen LogP contribution in [-0.2, 0) is 14.8 Å². The van der Waals surface area contributed by atoms with Crippen molar-refractivity contribution in [3.05, 3.63) is 47.3 Å². The molecule has 0 atom stereocenters. The molecular weight excluding hydrogens is 342 g/mol. The second-order valence-electron chi connectivity index (χ2n) is 5.92. The number of ether oxygens (including phenoxy) is 1. The summed E-state index contributed by atoms with van der Waals surface area (Å²) in [5.41, 5.74) is 3.33. The molecule has 8 heteroatoms. The van der Waals surface area contributed by atoms with E-state index in [9.17, 15) is 8.42 Å². The Morgan fingerprint density at radius 3 is 2.60 bits per heavy atom. The number of sulfonamides is 1. The molecule has 0 spiro atoms. The zero-order valence-electron chi connectivity index (χ0n) is 14.2. The van der Waals surface area contributed by atoms with Crippen LogP contribution in [0.4, 0.5) is 0 Å². The lowest BCUT2D eigenvalue weighted by atomic mass is 10.2. The molecule has 0 saturated carbocycles. The van der Waals surface area contributed by atoms with Gasteiger partial charge in [0.25, 0.3) is 0 Å². The summed E-state index contributed by atoms with van der Waals surface area (Å²) < 4.78 is 34.3. The smallest absolute Gasteiger partial charge is 0.243 e. The van der Waals surface area contributed by atoms with Gasteiger partial charge in [0.05, 0.1) is 24.3 Å². The van der Waals surface area contributed by atoms with E-state index < -0.39 is 10.0 Å². The van der Waals surface area contributed by atoms with Gasteiger partial charge in [0.2, 0.25) is 10.0 Å². The number of nitrogens with zero attached hydrogens (tertiary/aromatic N) is 3. The predicted molar refractivity (Wildman–Crippen MR) is 94.2 cm³/mol. The summed E-state index contributed by atoms with van der Waals surface area (Å²) in [5, 5.41) is 11.9. The zero-order valence-corrected chi connectivity index (χ0v) is 15.0. The van der Waals surface area contributed by atoms with Crippen LogP contribution in [0.5, 0.6) is 0 Å². The van der Waals surface area contributed by atoms with E-state index in [1.54, 1.807) is 18.2 Å². The van der Waals surface area contributed by atoms with E-state index in [4.69, 9.17) is 9.94 Å². The van der Waals surface area contributed by atoms with Crippen LogP contribution < -0.4 is 0 Å². The summed E-state index contributed by atoms with van der Waals surface area (Å²) >= 11 is 0. The maximum absolute atomic E-state index is 12.9. The maximum Gasteiger partial charge on any atom is 0.243 e. The largest absolute Gasteiger partial charge is 0.411 e. The monoisotopic (exact) mass is 363 g/mol. The van der Waals surface area contributed by atoms with Gasteiger partial charge in [-0.05, 0) is 38.1 Å². The second-order valence-corrected chi connectivity index (χ2v) is 7.86. The molecule has 0 amide bonds. The highest BCUT2D eigenvalue weighted by atomic mass is 32.2. The van der Waals surface area contributed by atoms with Gasteiger partial charge >= 0.3 is 0 Å². The Balaban J connectivity index is 2.03. The lowest BCUT2D eigenvalue weighted by Gasteiger charge is -2.26. The van der Waals surface area contributed by atoms with Crippen LogP contribution in [0.2, 0.25) is 0 Å². The highest BCUT2D eigenvalue weighted by molar-refractivity contribution is 7.89. The topological polar surface area (TPSA) is 84.1 Å². The molecule has 7 nitrogen and oxygen atoms in total. The van der Waals surface area contributed by atoms with Crippen molar-refractivity contribution in [2.45, 2.75) is 18.7 Å². The lowest BCUT2D eigenvalue weighted by molar-refractivity contribution is 0.0730. The van der Waals surface area contributed by atoms with Gasteiger partial charge < -0.3 is 14.5 Å². The summed E-state index contributed by atoms with van der Waals surface area (Å²) in [6, 6.07) is 8.76. The first-order chi connectivity index (χ1) is 11.9. The number of rotatable bonds is 4. The summed E-state index contributed by atoms with van der Waals surface area (Å²) in [6.45, 7) is 5.38. The fraction of sp³-hybridized carbons (Fsp3) is 0.353. The van der Waals surface area contributed by atoms with Gasteiger partial charge in [0.1, 0.15) is 0 Å². The third-order valence-corrected chi connectivity index (χ3v) is 6.25. The molecule has 1 aromatic heterocycles. The minimum Gasteiger partial charge on any atom is -0.411 e. The third-order valence-electron chi connectivity index (χ3n) is 4.35. The Labute approximate surface area is 147 Å². The molecule has 134 valence electrons. The van der Waals surface area contributed by atoms with E-state index in [2.05, 4.69) is 5.16 Å². The molecule has 1 aliphatic rings. The Hall–Kier alpha value is -2.16. The highest BCUT2D eigenvalue weighted by Crippen LogP contribution is 2.24. The molecule has 0 bridgehead atoms. The van der Waals surface area contributed by atoms with Crippen molar-refractivity contribution in [3.8, 4) is 5.69 Å². The molecular formula is C17H21N3O4S. The van der Waals surface area contributed by atoms with Gasteiger partial charge in [-0.3, -0.25) is 0 Å². The van der Waals surface area contributed by atoms with Crippen molar-refractivity contribution in [3.63, 3.8) is 0 Å². The van der Waals surface area contributed by atoms with Crippen LogP contribution in [0.15, 0.2) is 40.4 Å². The summed E-state index contributed by atoms with van der Waals surface area (Å²) in [6.07, 6.45) is 1.37. The number of morpholine rings is 1. The number of hydrogen-bond acceptors (Lipinski definition) is 5. The Morgan fingerprint density at radius 2 is 1.92 bits per heavy atom. The first-order valence-corrected chi connectivity index (χ1v) is 9.44. The molecule has 1 aliphatic heterocycles. The highest BCUT2D eigenvalue weighted by Gasteiger charge is 2.26. The van der Waals surface area contributed by atoms with Crippen LogP contribution >= 0.6 is 0 Å². The van der Waals surface area contributed by atoms with Gasteiger partial charge in [0, 0.05) is 35.7 Å². The molecule has 1 N–H and O–H groups in total. The van der Waals surface area contributed by atoms with E-state index in [0.29, 0.717) is 26.3 Å². The van der Waals surface area contributed by atoms with E-state index in [1.165, 1.54) is 10.5 Å². The van der Waals surface area contributed by atoms with Gasteiger partial charge in [0.15, 0.2) is 0 Å². The molecule has 2 aromatic rings. The van der Waals surface area contributed by atoms with E-state index in [-0.39, 0.29) is 4.90 Å². The average Bonchev–Trinajstić information content (AvgIpc) is 2.90. The van der Waals surface area contributed by atoms with Crippen molar-refractivity contribution in [2.75, 3.05) is 26.3 Å². The number of oxime groups is 1. The minimum atomic E-state index is -3.55. The Kier molecular flexibility index (Phi) is 4.94. The van der Waals surface area contributed by atoms with E-state index in [1.807, 2.05) is 30.5 Å². The van der Waals surface area contributed by atoms with E-state index in [0.717, 1.165) is 22.6 Å². The summed E-state index contributed by atoms with van der Waals surface area (Å²) in [4.78, 5) is 0.261. The molecule has 1 aromatic carbocycles. The van der Waals surface area contributed by atoms with Crippen molar-refractivity contribution in [1.82, 2.24) is 8.87 Å². The molecule has 25 heavy (non-hydrogen) atoms. The fourth-order valence-corrected chi connectivity index (χ4v) is 4.55. The third kappa shape index (κ3) is 3.33. The first kappa shape index (κ1) is 17.7. The fourth-order valence-electron chi connectivity index (χ4n) is 3.10. The molecule has 1 fully saturated rings. The van der Waals surface area contributed by atoms with Gasteiger partial charge in [-0.2, -0.15) is 4.31 Å². The SMILES string of the molecule is Cc1cc(C=NO)c(C)n1-c1cccc(S(=O)(=O)N2CCOCC2)c1. The van der Waals surface area contributed by atoms with Gasteiger partial charge in [-0.1, -0.05) is 11.2 Å². The quantitative estimate of drug-likeness (QED) is 0.511. The van der Waals surface area contributed by atoms with Crippen molar-refractivity contribution >= 4 is 16.2 Å². The second kappa shape index (κ2) is 6.99. The number of hydrogen-bond donors (Lipinski definition) is 1. The van der Waals surface area contributed by atoms with Crippen LogP contribution in [0.25, 0.3) is 5.69 Å². The zero-order chi connectivity index (χ0) is 18.0. The van der Waals surface area contributed by atoms with Crippen molar-refractivity contribution < 1.29 is 18.4 Å². The number of aryl methyl sites for hydroxylation is 1. The van der Waals surface area contributed by atoms with Gasteiger partial charge in [-0.15, -0.1) is 0 Å². The average molecular weight is 363 g/mol. The van der Waals surface area contributed by atoms with Crippen molar-refractivity contribution in [2.24, 2.45) is 5.16 Å². The molecule has 2 heterocycles. The van der Waals surface area contributed by atoms with E-state index >= 15 is 0 Å². The molecule has 0 radical (unpaired) electrons.